The van der Waals surface area contributed by atoms with Crippen molar-refractivity contribution in [2.45, 2.75) is 51.6 Å². The normalized spacial score (nSPS) is 31.7. The highest BCUT2D eigenvalue weighted by molar-refractivity contribution is 5.75. The molecular formula is C14H23N3O. The van der Waals surface area contributed by atoms with Crippen molar-refractivity contribution in [1.82, 2.24) is 9.80 Å². The van der Waals surface area contributed by atoms with Crippen LogP contribution in [-0.4, -0.2) is 46.9 Å². The molecule has 2 unspecified atom stereocenters. The first kappa shape index (κ1) is 13.4. The van der Waals surface area contributed by atoms with Crippen molar-refractivity contribution in [3.05, 3.63) is 0 Å². The van der Waals surface area contributed by atoms with Crippen molar-refractivity contribution in [3.63, 3.8) is 0 Å². The summed E-state index contributed by atoms with van der Waals surface area (Å²) < 4.78 is 0. The van der Waals surface area contributed by atoms with E-state index in [9.17, 15) is 4.79 Å². The number of hydrogen-bond acceptors (Lipinski definition) is 3. The van der Waals surface area contributed by atoms with Gasteiger partial charge in [0.15, 0.2) is 0 Å². The number of hydrogen-bond donors (Lipinski definition) is 0. The van der Waals surface area contributed by atoms with Crippen LogP contribution in [0.3, 0.4) is 0 Å². The maximum Gasteiger partial charge on any atom is 0.220 e. The molecule has 1 spiro atoms. The lowest BCUT2D eigenvalue weighted by atomic mass is 9.75. The van der Waals surface area contributed by atoms with Gasteiger partial charge in [0.25, 0.3) is 0 Å². The number of likely N-dealkylation sites (tertiary alicyclic amines) is 2. The second-order valence-electron chi connectivity index (χ2n) is 6.08. The van der Waals surface area contributed by atoms with Crippen molar-refractivity contribution in [3.8, 4) is 6.07 Å². The first-order valence-electron chi connectivity index (χ1n) is 6.90. The molecule has 0 saturated carbocycles. The molecule has 0 aliphatic carbocycles. The Morgan fingerprint density at radius 3 is 2.83 bits per heavy atom. The van der Waals surface area contributed by atoms with Crippen molar-refractivity contribution >= 4 is 5.91 Å². The summed E-state index contributed by atoms with van der Waals surface area (Å²) in [6.45, 7) is 8.91. The van der Waals surface area contributed by atoms with Crippen LogP contribution in [0.5, 0.6) is 0 Å². The Kier molecular flexibility index (Phi) is 3.63. The van der Waals surface area contributed by atoms with Gasteiger partial charge in [0, 0.05) is 32.6 Å². The summed E-state index contributed by atoms with van der Waals surface area (Å²) in [5.41, 5.74) is -0.0313. The molecular weight excluding hydrogens is 226 g/mol. The standard InChI is InChI=1S/C14H23N3O/c1-11(2)9-16-10-14(13(16)5-7-15)6-4-8-17(14)12(3)18/h11,13H,4-6,8-10H2,1-3H3. The van der Waals surface area contributed by atoms with Gasteiger partial charge in [-0.05, 0) is 18.8 Å². The first-order valence-corrected chi connectivity index (χ1v) is 6.90. The maximum absolute atomic E-state index is 11.8. The topological polar surface area (TPSA) is 47.3 Å². The lowest BCUT2D eigenvalue weighted by Gasteiger charge is -2.59. The Labute approximate surface area is 110 Å². The van der Waals surface area contributed by atoms with Crippen LogP contribution < -0.4 is 0 Å². The van der Waals surface area contributed by atoms with Crippen LogP contribution in [0, 0.1) is 17.2 Å². The fourth-order valence-electron chi connectivity index (χ4n) is 3.74. The molecule has 0 bridgehead atoms. The van der Waals surface area contributed by atoms with Gasteiger partial charge in [0.2, 0.25) is 5.91 Å². The maximum atomic E-state index is 11.8. The van der Waals surface area contributed by atoms with Crippen molar-refractivity contribution < 1.29 is 4.79 Å². The average Bonchev–Trinajstić information content (AvgIpc) is 2.71. The highest BCUT2D eigenvalue weighted by atomic mass is 16.2. The fraction of sp³-hybridized carbons (Fsp3) is 0.857. The number of carbonyl (C=O) groups excluding carboxylic acids is 1. The summed E-state index contributed by atoms with van der Waals surface area (Å²) >= 11 is 0. The van der Waals surface area contributed by atoms with Crippen molar-refractivity contribution in [2.24, 2.45) is 5.92 Å². The molecule has 0 aromatic rings. The second kappa shape index (κ2) is 4.89. The molecule has 2 aliphatic heterocycles. The number of nitrogens with zero attached hydrogens (tertiary/aromatic N) is 3. The van der Waals surface area contributed by atoms with Gasteiger partial charge in [-0.25, -0.2) is 0 Å². The highest BCUT2D eigenvalue weighted by Gasteiger charge is 2.58. The molecule has 2 saturated heterocycles. The zero-order valence-electron chi connectivity index (χ0n) is 11.6. The van der Waals surface area contributed by atoms with Crippen molar-refractivity contribution in [1.29, 1.82) is 5.26 Å². The molecule has 2 rings (SSSR count). The monoisotopic (exact) mass is 249 g/mol. The van der Waals surface area contributed by atoms with E-state index < -0.39 is 0 Å². The third kappa shape index (κ3) is 2.01. The predicted octanol–water partition coefficient (Wildman–Crippen LogP) is 1.62. The van der Waals surface area contributed by atoms with E-state index in [1.165, 1.54) is 0 Å². The van der Waals surface area contributed by atoms with Crippen LogP contribution in [-0.2, 0) is 4.79 Å². The quantitative estimate of drug-likeness (QED) is 0.763. The Morgan fingerprint density at radius 1 is 1.56 bits per heavy atom. The SMILES string of the molecule is CC(=O)N1CCCC12CN(CC(C)C)C2CC#N. The molecule has 4 heteroatoms. The summed E-state index contributed by atoms with van der Waals surface area (Å²) in [6, 6.07) is 2.55. The molecule has 2 heterocycles. The Bertz CT molecular complexity index is 374. The van der Waals surface area contributed by atoms with Crippen LogP contribution in [0.1, 0.15) is 40.0 Å². The molecule has 0 aromatic heterocycles. The van der Waals surface area contributed by atoms with Gasteiger partial charge < -0.3 is 4.90 Å². The zero-order chi connectivity index (χ0) is 13.3. The van der Waals surface area contributed by atoms with Gasteiger partial charge >= 0.3 is 0 Å². The van der Waals surface area contributed by atoms with E-state index in [0.717, 1.165) is 32.5 Å². The third-order valence-electron chi connectivity index (χ3n) is 4.33. The summed E-state index contributed by atoms with van der Waals surface area (Å²) in [4.78, 5) is 16.2. The van der Waals surface area contributed by atoms with E-state index in [2.05, 4.69) is 24.8 Å². The van der Waals surface area contributed by atoms with Gasteiger partial charge in [-0.2, -0.15) is 5.26 Å². The second-order valence-corrected chi connectivity index (χ2v) is 6.08. The summed E-state index contributed by atoms with van der Waals surface area (Å²) in [7, 11) is 0. The Balaban J connectivity index is 2.14. The minimum Gasteiger partial charge on any atom is -0.334 e. The summed E-state index contributed by atoms with van der Waals surface area (Å²) in [6.07, 6.45) is 2.68. The van der Waals surface area contributed by atoms with Crippen LogP contribution in [0.4, 0.5) is 0 Å². The van der Waals surface area contributed by atoms with Gasteiger partial charge in [-0.1, -0.05) is 13.8 Å². The lowest BCUT2D eigenvalue weighted by Crippen LogP contribution is -2.75. The summed E-state index contributed by atoms with van der Waals surface area (Å²) in [5.74, 6) is 0.773. The number of rotatable bonds is 3. The van der Waals surface area contributed by atoms with E-state index in [0.29, 0.717) is 12.3 Å². The Hall–Kier alpha value is -1.08. The average molecular weight is 249 g/mol. The molecule has 100 valence electrons. The molecule has 4 nitrogen and oxygen atoms in total. The largest absolute Gasteiger partial charge is 0.334 e. The Morgan fingerprint density at radius 2 is 2.28 bits per heavy atom. The zero-order valence-corrected chi connectivity index (χ0v) is 11.6. The number of nitriles is 1. The molecule has 18 heavy (non-hydrogen) atoms. The van der Waals surface area contributed by atoms with Crippen LogP contribution in [0.25, 0.3) is 0 Å². The van der Waals surface area contributed by atoms with Crippen LogP contribution in [0.15, 0.2) is 0 Å². The highest BCUT2D eigenvalue weighted by Crippen LogP contribution is 2.44. The van der Waals surface area contributed by atoms with E-state index in [1.54, 1.807) is 6.92 Å². The number of amides is 1. The van der Waals surface area contributed by atoms with Gasteiger partial charge in [-0.15, -0.1) is 0 Å². The minimum absolute atomic E-state index is 0.0313. The van der Waals surface area contributed by atoms with E-state index in [1.807, 2.05) is 4.90 Å². The molecule has 2 fully saturated rings. The summed E-state index contributed by atoms with van der Waals surface area (Å²) in [5, 5.41) is 9.04. The van der Waals surface area contributed by atoms with Crippen LogP contribution >= 0.6 is 0 Å². The van der Waals surface area contributed by atoms with Gasteiger partial charge in [0.05, 0.1) is 18.0 Å². The molecule has 1 amide bonds. The molecule has 2 aliphatic rings. The molecule has 0 aromatic carbocycles. The third-order valence-corrected chi connectivity index (χ3v) is 4.33. The molecule has 2 atom stereocenters. The molecule has 0 N–H and O–H groups in total. The fourth-order valence-corrected chi connectivity index (χ4v) is 3.74. The minimum atomic E-state index is -0.0313. The van der Waals surface area contributed by atoms with E-state index >= 15 is 0 Å². The van der Waals surface area contributed by atoms with Crippen molar-refractivity contribution in [2.75, 3.05) is 19.6 Å². The smallest absolute Gasteiger partial charge is 0.220 e. The van der Waals surface area contributed by atoms with E-state index in [-0.39, 0.29) is 17.5 Å². The lowest BCUT2D eigenvalue weighted by molar-refractivity contribution is -0.148. The predicted molar refractivity (Wildman–Crippen MR) is 69.8 cm³/mol. The van der Waals surface area contributed by atoms with Crippen LogP contribution in [0.2, 0.25) is 0 Å². The first-order chi connectivity index (χ1) is 8.51. The van der Waals surface area contributed by atoms with Gasteiger partial charge in [0.1, 0.15) is 0 Å². The van der Waals surface area contributed by atoms with Gasteiger partial charge in [-0.3, -0.25) is 9.69 Å². The van der Waals surface area contributed by atoms with E-state index in [4.69, 9.17) is 5.26 Å². The molecule has 0 radical (unpaired) electrons. The number of carbonyl (C=O) groups is 1.